The van der Waals surface area contributed by atoms with Crippen molar-refractivity contribution in [2.24, 2.45) is 0 Å². The zero-order chi connectivity index (χ0) is 21.2. The number of H-pyrrole nitrogens is 1. The van der Waals surface area contributed by atoms with Gasteiger partial charge in [0.25, 0.3) is 5.82 Å². The highest BCUT2D eigenvalue weighted by Gasteiger charge is 2.37. The number of ether oxygens (including phenoxy) is 1. The second-order valence-corrected chi connectivity index (χ2v) is 9.18. The number of amides is 1. The first kappa shape index (κ1) is 21.6. The minimum absolute atomic E-state index is 0.253. The lowest BCUT2D eigenvalue weighted by atomic mass is 9.86. The number of nitriles is 1. The zero-order valence-corrected chi connectivity index (χ0v) is 18.6. The van der Waals surface area contributed by atoms with Gasteiger partial charge in [-0.2, -0.15) is 5.26 Å². The van der Waals surface area contributed by atoms with E-state index >= 15 is 0 Å². The van der Waals surface area contributed by atoms with Gasteiger partial charge in [0.2, 0.25) is 5.91 Å². The number of carbonyl (C=O) groups excluding carboxylic acids is 1. The number of rotatable bonds is 5. The Hall–Kier alpha value is -2.13. The van der Waals surface area contributed by atoms with Crippen LogP contribution in [-0.4, -0.2) is 42.6 Å². The molecule has 1 fully saturated rings. The van der Waals surface area contributed by atoms with Crippen LogP contribution in [0.4, 0.5) is 5.82 Å². The van der Waals surface area contributed by atoms with Crippen LogP contribution in [0.3, 0.4) is 0 Å². The summed E-state index contributed by atoms with van der Waals surface area (Å²) in [6.45, 7) is 14.1. The average Bonchev–Trinajstić information content (AvgIpc) is 2.70. The third kappa shape index (κ3) is 4.56. The number of hydrogen-bond donors (Lipinski definition) is 0. The topological polar surface area (TPSA) is 70.7 Å². The predicted molar refractivity (Wildman–Crippen MR) is 113 cm³/mol. The lowest BCUT2D eigenvalue weighted by Crippen LogP contribution is -2.51. The van der Waals surface area contributed by atoms with Crippen LogP contribution in [0.2, 0.25) is 0 Å². The van der Waals surface area contributed by atoms with Gasteiger partial charge in [-0.3, -0.25) is 9.69 Å². The number of fused-ring (bicyclic) bond motifs is 1. The summed E-state index contributed by atoms with van der Waals surface area (Å²) >= 11 is 0. The first-order chi connectivity index (χ1) is 13.8. The number of pyridine rings is 1. The number of unbranched alkanes of at least 4 members (excludes halogenated alkanes) is 1. The van der Waals surface area contributed by atoms with Crippen LogP contribution >= 0.6 is 0 Å². The van der Waals surface area contributed by atoms with Crippen LogP contribution in [0.15, 0.2) is 0 Å². The summed E-state index contributed by atoms with van der Waals surface area (Å²) < 4.78 is 6.05. The van der Waals surface area contributed by atoms with E-state index in [2.05, 4.69) is 50.6 Å². The summed E-state index contributed by atoms with van der Waals surface area (Å²) in [6.07, 6.45) is 3.37. The average molecular weight is 400 g/mol. The van der Waals surface area contributed by atoms with Crippen molar-refractivity contribution in [3.05, 3.63) is 22.4 Å². The van der Waals surface area contributed by atoms with E-state index in [1.807, 2.05) is 4.90 Å². The van der Waals surface area contributed by atoms with Crippen LogP contribution < -0.4 is 9.88 Å². The molecule has 1 saturated heterocycles. The van der Waals surface area contributed by atoms with E-state index in [1.54, 1.807) is 0 Å². The highest BCUT2D eigenvalue weighted by molar-refractivity contribution is 5.76. The smallest absolute Gasteiger partial charge is 0.293 e. The Morgan fingerprint density at radius 2 is 1.93 bits per heavy atom. The Kier molecular flexibility index (Phi) is 6.48. The first-order valence-electron chi connectivity index (χ1n) is 10.9. The number of aromatic nitrogens is 1. The molecule has 0 aromatic carbocycles. The van der Waals surface area contributed by atoms with Gasteiger partial charge in [0.1, 0.15) is 30.4 Å². The Balaban J connectivity index is 1.89. The number of piperazine rings is 1. The standard InChI is InChI=1S/C23H34N4O2/c1-6-7-8-20(28)26-9-11-27(12-10-26)22-18(14-24)17-13-23(4,5)29-15-19(17)21(25-22)16(2)3/h16H,6-13,15H2,1-5H3/p+1. The van der Waals surface area contributed by atoms with Gasteiger partial charge in [-0.15, -0.1) is 0 Å². The Bertz CT molecular complexity index is 802. The molecule has 2 aliphatic heterocycles. The molecule has 158 valence electrons. The number of aromatic amines is 1. The van der Waals surface area contributed by atoms with Crippen LogP contribution in [0.25, 0.3) is 0 Å². The van der Waals surface area contributed by atoms with E-state index < -0.39 is 0 Å². The fourth-order valence-electron chi connectivity index (χ4n) is 4.34. The second kappa shape index (κ2) is 8.71. The Labute approximate surface area is 174 Å². The first-order valence-corrected chi connectivity index (χ1v) is 10.9. The molecule has 1 N–H and O–H groups in total. The van der Waals surface area contributed by atoms with Crippen molar-refractivity contribution < 1.29 is 14.5 Å². The van der Waals surface area contributed by atoms with Gasteiger partial charge in [0, 0.05) is 24.3 Å². The van der Waals surface area contributed by atoms with Crippen molar-refractivity contribution in [2.75, 3.05) is 31.1 Å². The molecule has 0 radical (unpaired) electrons. The minimum atomic E-state index is -0.268. The van der Waals surface area contributed by atoms with Gasteiger partial charge in [0.05, 0.1) is 25.3 Å². The molecular weight excluding hydrogens is 364 g/mol. The number of carbonyl (C=O) groups is 1. The van der Waals surface area contributed by atoms with E-state index in [1.165, 1.54) is 0 Å². The molecule has 1 aromatic heterocycles. The van der Waals surface area contributed by atoms with Gasteiger partial charge < -0.3 is 9.64 Å². The molecule has 0 saturated carbocycles. The molecule has 1 aromatic rings. The fourth-order valence-corrected chi connectivity index (χ4v) is 4.34. The molecule has 0 spiro atoms. The molecule has 6 nitrogen and oxygen atoms in total. The maximum absolute atomic E-state index is 12.4. The summed E-state index contributed by atoms with van der Waals surface area (Å²) in [6, 6.07) is 2.48. The summed E-state index contributed by atoms with van der Waals surface area (Å²) in [4.78, 5) is 20.2. The zero-order valence-electron chi connectivity index (χ0n) is 18.6. The van der Waals surface area contributed by atoms with Gasteiger partial charge >= 0.3 is 0 Å². The van der Waals surface area contributed by atoms with Crippen LogP contribution in [-0.2, 0) is 22.6 Å². The quantitative estimate of drug-likeness (QED) is 0.762. The fraction of sp³-hybridized carbons (Fsp3) is 0.696. The summed E-state index contributed by atoms with van der Waals surface area (Å²) in [5, 5.41) is 10.0. The maximum atomic E-state index is 12.4. The highest BCUT2D eigenvalue weighted by atomic mass is 16.5. The van der Waals surface area contributed by atoms with Crippen molar-refractivity contribution >= 4 is 11.7 Å². The van der Waals surface area contributed by atoms with Gasteiger partial charge in [0.15, 0.2) is 0 Å². The van der Waals surface area contributed by atoms with E-state index in [9.17, 15) is 10.1 Å². The molecule has 0 bridgehead atoms. The van der Waals surface area contributed by atoms with E-state index in [0.717, 1.165) is 60.6 Å². The van der Waals surface area contributed by atoms with Crippen molar-refractivity contribution in [3.63, 3.8) is 0 Å². The van der Waals surface area contributed by atoms with Gasteiger partial charge in [-0.1, -0.05) is 27.2 Å². The molecule has 0 aliphatic carbocycles. The third-order valence-corrected chi connectivity index (χ3v) is 6.07. The Morgan fingerprint density at radius 1 is 1.24 bits per heavy atom. The predicted octanol–water partition coefficient (Wildman–Crippen LogP) is 3.19. The number of hydrogen-bond acceptors (Lipinski definition) is 4. The van der Waals surface area contributed by atoms with Gasteiger partial charge in [-0.25, -0.2) is 4.98 Å². The molecule has 3 heterocycles. The van der Waals surface area contributed by atoms with E-state index in [4.69, 9.17) is 4.74 Å². The lowest BCUT2D eigenvalue weighted by molar-refractivity contribution is -0.381. The molecule has 0 unspecified atom stereocenters. The normalized spacial score (nSPS) is 18.5. The monoisotopic (exact) mass is 399 g/mol. The molecule has 1 amide bonds. The Morgan fingerprint density at radius 3 is 2.52 bits per heavy atom. The number of nitrogens with zero attached hydrogens (tertiary/aromatic N) is 3. The molecule has 3 rings (SSSR count). The highest BCUT2D eigenvalue weighted by Crippen LogP contribution is 2.35. The molecule has 0 atom stereocenters. The molecule has 6 heteroatoms. The second-order valence-electron chi connectivity index (χ2n) is 9.18. The number of nitrogens with one attached hydrogen (secondary N) is 1. The van der Waals surface area contributed by atoms with Crippen LogP contribution in [0.5, 0.6) is 0 Å². The van der Waals surface area contributed by atoms with Crippen LogP contribution in [0.1, 0.15) is 82.2 Å². The van der Waals surface area contributed by atoms with E-state index in [-0.39, 0.29) is 11.5 Å². The largest absolute Gasteiger partial charge is 0.370 e. The summed E-state index contributed by atoms with van der Waals surface area (Å²) in [5.74, 6) is 1.48. The number of anilines is 1. The summed E-state index contributed by atoms with van der Waals surface area (Å²) in [7, 11) is 0. The van der Waals surface area contributed by atoms with E-state index in [0.29, 0.717) is 32.0 Å². The van der Waals surface area contributed by atoms with Crippen molar-refractivity contribution in [3.8, 4) is 6.07 Å². The van der Waals surface area contributed by atoms with Crippen LogP contribution in [0, 0.1) is 11.3 Å². The lowest BCUT2D eigenvalue weighted by Gasteiger charge is -2.35. The van der Waals surface area contributed by atoms with Gasteiger partial charge in [-0.05, 0) is 25.8 Å². The van der Waals surface area contributed by atoms with Crippen molar-refractivity contribution in [2.45, 2.75) is 78.4 Å². The maximum Gasteiger partial charge on any atom is 0.293 e. The SMILES string of the molecule is CCCCC(=O)N1CCN(c2[nH+]c(C(C)C)c3c(c2C#N)CC(C)(C)OC3)CC1. The van der Waals surface area contributed by atoms with Crippen molar-refractivity contribution in [1.29, 1.82) is 5.26 Å². The third-order valence-electron chi connectivity index (χ3n) is 6.07. The minimum Gasteiger partial charge on any atom is -0.370 e. The molecule has 29 heavy (non-hydrogen) atoms. The van der Waals surface area contributed by atoms with Crippen molar-refractivity contribution in [1.82, 2.24) is 4.90 Å². The molecular formula is C23H35N4O2+. The summed E-state index contributed by atoms with van der Waals surface area (Å²) in [5.41, 5.74) is 3.91. The molecule has 2 aliphatic rings.